The van der Waals surface area contributed by atoms with Crippen molar-refractivity contribution in [1.82, 2.24) is 0 Å². The van der Waals surface area contributed by atoms with Crippen molar-refractivity contribution in [2.75, 3.05) is 23.8 Å². The molecule has 0 fully saturated rings. The van der Waals surface area contributed by atoms with Gasteiger partial charge in [0, 0.05) is 24.7 Å². The van der Waals surface area contributed by atoms with Crippen LogP contribution in [-0.2, 0) is 4.79 Å². The molecule has 0 aliphatic carbocycles. The zero-order chi connectivity index (χ0) is 13.0. The molecule has 2 N–H and O–H groups in total. The number of carbonyl (C=O) groups excluding carboxylic acids is 1. The number of anilines is 2. The number of benzene rings is 1. The predicted molar refractivity (Wildman–Crippen MR) is 68.2 cm³/mol. The minimum Gasteiger partial charge on any atom is -0.481 e. The van der Waals surface area contributed by atoms with Gasteiger partial charge in [0.25, 0.3) is 5.91 Å². The second-order valence-electron chi connectivity index (χ2n) is 4.18. The van der Waals surface area contributed by atoms with Crippen LogP contribution < -0.4 is 15.4 Å². The van der Waals surface area contributed by atoms with Crippen LogP contribution in [0.1, 0.15) is 19.3 Å². The zero-order valence-electron chi connectivity index (χ0n) is 10.1. The molecule has 0 aromatic heterocycles. The molecule has 5 heteroatoms. The van der Waals surface area contributed by atoms with Crippen LogP contribution in [0.4, 0.5) is 11.4 Å². The van der Waals surface area contributed by atoms with Gasteiger partial charge in [0.05, 0.1) is 11.8 Å². The lowest BCUT2D eigenvalue weighted by Gasteiger charge is -2.29. The van der Waals surface area contributed by atoms with E-state index in [9.17, 15) is 4.79 Å². The van der Waals surface area contributed by atoms with Crippen LogP contribution in [0.15, 0.2) is 18.2 Å². The highest BCUT2D eigenvalue weighted by Crippen LogP contribution is 2.33. The molecule has 18 heavy (non-hydrogen) atoms. The number of ether oxygens (including phenoxy) is 1. The van der Waals surface area contributed by atoms with E-state index < -0.39 is 0 Å². The van der Waals surface area contributed by atoms with Crippen LogP contribution in [0.2, 0.25) is 0 Å². The van der Waals surface area contributed by atoms with E-state index in [1.807, 2.05) is 0 Å². The molecular formula is C13H15N3O2. The second kappa shape index (κ2) is 5.41. The first kappa shape index (κ1) is 12.2. The number of rotatable bonds is 4. The monoisotopic (exact) mass is 245 g/mol. The molecule has 0 spiro atoms. The number of unbranched alkanes of at least 4 members (excludes halogenated alkanes) is 2. The number of nitrogens with zero attached hydrogens (tertiary/aromatic N) is 2. The normalized spacial score (nSPS) is 13.7. The van der Waals surface area contributed by atoms with E-state index in [4.69, 9.17) is 15.7 Å². The molecule has 1 heterocycles. The Bertz CT molecular complexity index is 493. The Balaban J connectivity index is 2.10. The minimum atomic E-state index is -0.0516. The van der Waals surface area contributed by atoms with Gasteiger partial charge in [-0.25, -0.2) is 0 Å². The third-order valence-electron chi connectivity index (χ3n) is 2.85. The largest absolute Gasteiger partial charge is 0.481 e. The summed E-state index contributed by atoms with van der Waals surface area (Å²) in [6.45, 7) is 0.662. The fourth-order valence-corrected chi connectivity index (χ4v) is 1.94. The third-order valence-corrected chi connectivity index (χ3v) is 2.85. The van der Waals surface area contributed by atoms with Gasteiger partial charge in [-0.1, -0.05) is 0 Å². The lowest BCUT2D eigenvalue weighted by Crippen LogP contribution is -2.39. The van der Waals surface area contributed by atoms with Crippen LogP contribution in [0.5, 0.6) is 5.75 Å². The van der Waals surface area contributed by atoms with E-state index in [-0.39, 0.29) is 12.5 Å². The Kier molecular flexibility index (Phi) is 3.68. The average Bonchev–Trinajstić information content (AvgIpc) is 2.37. The molecule has 0 bridgehead atoms. The van der Waals surface area contributed by atoms with Crippen molar-refractivity contribution < 1.29 is 9.53 Å². The Morgan fingerprint density at radius 2 is 2.28 bits per heavy atom. The molecule has 2 rings (SSSR count). The maximum atomic E-state index is 11.8. The van der Waals surface area contributed by atoms with Crippen molar-refractivity contribution in [3.63, 3.8) is 0 Å². The van der Waals surface area contributed by atoms with Gasteiger partial charge in [-0.15, -0.1) is 0 Å². The molecule has 0 saturated carbocycles. The van der Waals surface area contributed by atoms with Crippen LogP contribution in [-0.4, -0.2) is 19.1 Å². The molecule has 0 atom stereocenters. The maximum absolute atomic E-state index is 11.8. The fourth-order valence-electron chi connectivity index (χ4n) is 1.94. The third kappa shape index (κ3) is 2.54. The van der Waals surface area contributed by atoms with Crippen LogP contribution >= 0.6 is 0 Å². The van der Waals surface area contributed by atoms with Crippen molar-refractivity contribution in [3.05, 3.63) is 18.2 Å². The van der Waals surface area contributed by atoms with Gasteiger partial charge in [0.15, 0.2) is 6.61 Å². The SMILES string of the molecule is N#CCCCCN1C(=O)COc2cc(N)ccc21. The Morgan fingerprint density at radius 3 is 3.06 bits per heavy atom. The van der Waals surface area contributed by atoms with Crippen molar-refractivity contribution in [2.45, 2.75) is 19.3 Å². The summed E-state index contributed by atoms with van der Waals surface area (Å²) in [5.74, 6) is 0.596. The number of amides is 1. The second-order valence-corrected chi connectivity index (χ2v) is 4.18. The van der Waals surface area contributed by atoms with Crippen LogP contribution in [0.25, 0.3) is 0 Å². The molecule has 1 aromatic carbocycles. The van der Waals surface area contributed by atoms with Gasteiger partial charge in [0.1, 0.15) is 5.75 Å². The number of hydrogen-bond acceptors (Lipinski definition) is 4. The summed E-state index contributed by atoms with van der Waals surface area (Å²) in [5, 5.41) is 8.48. The lowest BCUT2D eigenvalue weighted by atomic mass is 10.2. The molecule has 1 amide bonds. The highest BCUT2D eigenvalue weighted by atomic mass is 16.5. The molecule has 1 aromatic rings. The number of nitrogen functional groups attached to an aromatic ring is 1. The summed E-state index contributed by atoms with van der Waals surface area (Å²) in [5.41, 5.74) is 7.06. The van der Waals surface area contributed by atoms with Gasteiger partial charge in [-0.2, -0.15) is 5.26 Å². The number of fused-ring (bicyclic) bond motifs is 1. The Labute approximate surface area is 106 Å². The van der Waals surface area contributed by atoms with Crippen molar-refractivity contribution in [1.29, 1.82) is 5.26 Å². The number of nitrogens with two attached hydrogens (primary N) is 1. The van der Waals surface area contributed by atoms with E-state index in [1.165, 1.54) is 0 Å². The van der Waals surface area contributed by atoms with E-state index in [2.05, 4.69) is 6.07 Å². The van der Waals surface area contributed by atoms with Crippen molar-refractivity contribution in [2.24, 2.45) is 0 Å². The zero-order valence-corrected chi connectivity index (χ0v) is 10.1. The molecule has 5 nitrogen and oxygen atoms in total. The molecule has 0 saturated heterocycles. The highest BCUT2D eigenvalue weighted by Gasteiger charge is 2.24. The van der Waals surface area contributed by atoms with E-state index in [0.29, 0.717) is 24.4 Å². The van der Waals surface area contributed by atoms with Crippen LogP contribution in [0, 0.1) is 11.3 Å². The summed E-state index contributed by atoms with van der Waals surface area (Å²) in [7, 11) is 0. The molecule has 0 unspecified atom stereocenters. The van der Waals surface area contributed by atoms with Gasteiger partial charge >= 0.3 is 0 Å². The first-order valence-electron chi connectivity index (χ1n) is 5.92. The quantitative estimate of drug-likeness (QED) is 0.646. The van der Waals surface area contributed by atoms with Gasteiger partial charge < -0.3 is 15.4 Å². The van der Waals surface area contributed by atoms with Crippen molar-refractivity contribution >= 4 is 17.3 Å². The molecule has 1 aliphatic rings. The summed E-state index contributed by atoms with van der Waals surface area (Å²) < 4.78 is 5.35. The molecule has 0 radical (unpaired) electrons. The Morgan fingerprint density at radius 1 is 1.44 bits per heavy atom. The standard InChI is InChI=1S/C13H15N3O2/c14-6-2-1-3-7-16-11-5-4-10(15)8-12(11)18-9-13(16)17/h4-5,8H,1-3,7,9,15H2. The summed E-state index contributed by atoms with van der Waals surface area (Å²) in [4.78, 5) is 13.5. The fraction of sp³-hybridized carbons (Fsp3) is 0.385. The predicted octanol–water partition coefficient (Wildman–Crippen LogP) is 1.69. The van der Waals surface area contributed by atoms with E-state index in [0.717, 1.165) is 18.5 Å². The average molecular weight is 245 g/mol. The summed E-state index contributed by atoms with van der Waals surface area (Å²) in [6.07, 6.45) is 2.13. The number of carbonyl (C=O) groups is 1. The smallest absolute Gasteiger partial charge is 0.265 e. The topological polar surface area (TPSA) is 79.3 Å². The van der Waals surface area contributed by atoms with Gasteiger partial charge in [-0.05, 0) is 25.0 Å². The molecular weight excluding hydrogens is 230 g/mol. The first-order valence-corrected chi connectivity index (χ1v) is 5.92. The summed E-state index contributed by atoms with van der Waals surface area (Å²) >= 11 is 0. The Hall–Kier alpha value is -2.22. The molecule has 1 aliphatic heterocycles. The minimum absolute atomic E-state index is 0.0503. The van der Waals surface area contributed by atoms with Gasteiger partial charge in [0.2, 0.25) is 0 Å². The van der Waals surface area contributed by atoms with Gasteiger partial charge in [-0.3, -0.25) is 4.79 Å². The first-order chi connectivity index (χ1) is 8.72. The van der Waals surface area contributed by atoms with Crippen LogP contribution in [0.3, 0.4) is 0 Å². The lowest BCUT2D eigenvalue weighted by molar-refractivity contribution is -0.121. The molecule has 94 valence electrons. The number of hydrogen-bond donors (Lipinski definition) is 1. The van der Waals surface area contributed by atoms with E-state index >= 15 is 0 Å². The van der Waals surface area contributed by atoms with E-state index in [1.54, 1.807) is 23.1 Å². The highest BCUT2D eigenvalue weighted by molar-refractivity contribution is 5.98. The maximum Gasteiger partial charge on any atom is 0.265 e. The van der Waals surface area contributed by atoms with Crippen molar-refractivity contribution in [3.8, 4) is 11.8 Å². The number of nitriles is 1. The summed E-state index contributed by atoms with van der Waals surface area (Å²) in [6, 6.07) is 7.38.